The molecule has 5 heteroatoms. The third kappa shape index (κ3) is 2.34. The number of halogens is 1. The van der Waals surface area contributed by atoms with Crippen molar-refractivity contribution in [2.75, 3.05) is 0 Å². The summed E-state index contributed by atoms with van der Waals surface area (Å²) in [6, 6.07) is 4.00. The summed E-state index contributed by atoms with van der Waals surface area (Å²) in [5.74, 6) is 0. The van der Waals surface area contributed by atoms with Gasteiger partial charge < -0.3 is 0 Å². The first-order valence-electron chi connectivity index (χ1n) is 3.96. The van der Waals surface area contributed by atoms with Crippen LogP contribution in [-0.4, -0.2) is 9.97 Å². The maximum Gasteiger partial charge on any atom is 0.156 e. The van der Waals surface area contributed by atoms with Gasteiger partial charge >= 0.3 is 0 Å². The van der Waals surface area contributed by atoms with Crippen molar-refractivity contribution >= 4 is 39.0 Å². The van der Waals surface area contributed by atoms with E-state index in [1.807, 2.05) is 24.4 Å². The van der Waals surface area contributed by atoms with Crippen molar-refractivity contribution in [1.29, 1.82) is 0 Å². The fourth-order valence-corrected chi connectivity index (χ4v) is 2.74. The van der Waals surface area contributed by atoms with Gasteiger partial charge in [-0.15, -0.1) is 11.3 Å². The zero-order valence-electron chi connectivity index (χ0n) is 7.40. The lowest BCUT2D eigenvalue weighted by molar-refractivity contribution is 1.05. The highest BCUT2D eigenvalue weighted by Gasteiger charge is 2.02. The zero-order valence-corrected chi connectivity index (χ0v) is 10.6. The predicted molar refractivity (Wildman–Crippen MR) is 62.9 cm³/mol. The summed E-state index contributed by atoms with van der Waals surface area (Å²) in [6.07, 6.45) is 1.80. The molecule has 2 rings (SSSR count). The van der Waals surface area contributed by atoms with Crippen LogP contribution in [0, 0.1) is 6.92 Å². The normalized spacial score (nSPS) is 10.4. The first-order chi connectivity index (χ1) is 6.75. The molecule has 2 heterocycles. The Kier molecular flexibility index (Phi) is 3.20. The first kappa shape index (κ1) is 10.1. The van der Waals surface area contributed by atoms with Crippen LogP contribution in [0.2, 0.25) is 0 Å². The molecule has 0 saturated heterocycles. The fraction of sp³-hybridized carbons (Fsp3) is 0.111. The Morgan fingerprint density at radius 1 is 1.43 bits per heavy atom. The van der Waals surface area contributed by atoms with E-state index in [4.69, 9.17) is 0 Å². The molecule has 0 radical (unpaired) electrons. The number of nitrogens with zero attached hydrogens (tertiary/aromatic N) is 2. The van der Waals surface area contributed by atoms with E-state index in [1.165, 1.54) is 0 Å². The lowest BCUT2D eigenvalue weighted by atomic mass is 10.4. The lowest BCUT2D eigenvalue weighted by Gasteiger charge is -2.00. The molecule has 14 heavy (non-hydrogen) atoms. The van der Waals surface area contributed by atoms with Gasteiger partial charge in [0.1, 0.15) is 5.03 Å². The molecule has 72 valence electrons. The molecule has 2 nitrogen and oxygen atoms in total. The molecule has 0 bridgehead atoms. The van der Waals surface area contributed by atoms with E-state index in [0.29, 0.717) is 0 Å². The van der Waals surface area contributed by atoms with Crippen LogP contribution in [0.25, 0.3) is 0 Å². The molecular weight excluding hydrogens is 280 g/mol. The largest absolute Gasteiger partial charge is 0.245 e. The van der Waals surface area contributed by atoms with Crippen LogP contribution in [0.5, 0.6) is 0 Å². The van der Waals surface area contributed by atoms with Crippen LogP contribution in [0.1, 0.15) is 5.69 Å². The van der Waals surface area contributed by atoms with Gasteiger partial charge in [-0.25, -0.2) is 9.97 Å². The molecule has 0 N–H and O–H groups in total. The van der Waals surface area contributed by atoms with Gasteiger partial charge in [0.25, 0.3) is 0 Å². The number of hydrogen-bond donors (Lipinski definition) is 0. The van der Waals surface area contributed by atoms with Crippen LogP contribution >= 0.6 is 39.0 Å². The highest BCUT2D eigenvalue weighted by atomic mass is 79.9. The second-order valence-electron chi connectivity index (χ2n) is 2.62. The predicted octanol–water partition coefficient (Wildman–Crippen LogP) is 3.76. The summed E-state index contributed by atoms with van der Waals surface area (Å²) in [6.45, 7) is 1.98. The summed E-state index contributed by atoms with van der Waals surface area (Å²) >= 11 is 6.64. The molecule has 0 aliphatic carbocycles. The van der Waals surface area contributed by atoms with Crippen molar-refractivity contribution in [2.45, 2.75) is 16.3 Å². The van der Waals surface area contributed by atoms with Gasteiger partial charge in [-0.1, -0.05) is 0 Å². The van der Waals surface area contributed by atoms with Crippen molar-refractivity contribution in [3.05, 3.63) is 33.9 Å². The molecule has 0 aliphatic rings. The van der Waals surface area contributed by atoms with Gasteiger partial charge in [-0.05, 0) is 46.7 Å². The summed E-state index contributed by atoms with van der Waals surface area (Å²) < 4.78 is 2.07. The van der Waals surface area contributed by atoms with Gasteiger partial charge in [-0.3, -0.25) is 0 Å². The number of rotatable bonds is 2. The van der Waals surface area contributed by atoms with E-state index >= 15 is 0 Å². The maximum atomic E-state index is 4.43. The van der Waals surface area contributed by atoms with Gasteiger partial charge in [0.15, 0.2) is 4.34 Å². The zero-order chi connectivity index (χ0) is 9.97. The number of pyridine rings is 1. The average Bonchev–Trinajstić information content (AvgIpc) is 2.64. The van der Waals surface area contributed by atoms with Crippen LogP contribution in [-0.2, 0) is 0 Å². The van der Waals surface area contributed by atoms with Crippen LogP contribution < -0.4 is 0 Å². The molecule has 0 aromatic carbocycles. The molecule has 2 aromatic rings. The minimum atomic E-state index is 0.987. The Hall–Kier alpha value is -0.390. The average molecular weight is 287 g/mol. The standard InChI is InChI=1S/C9H7BrN2S2/c1-6-7(10)2-3-8(12-6)14-9-11-4-5-13-9/h2-5H,1H3. The molecule has 0 amide bonds. The van der Waals surface area contributed by atoms with E-state index < -0.39 is 0 Å². The lowest BCUT2D eigenvalue weighted by Crippen LogP contribution is -1.85. The Morgan fingerprint density at radius 3 is 2.93 bits per heavy atom. The second kappa shape index (κ2) is 4.42. The number of hydrogen-bond acceptors (Lipinski definition) is 4. The summed E-state index contributed by atoms with van der Waals surface area (Å²) in [7, 11) is 0. The second-order valence-corrected chi connectivity index (χ2v) is 5.63. The topological polar surface area (TPSA) is 25.8 Å². The first-order valence-corrected chi connectivity index (χ1v) is 6.45. The Morgan fingerprint density at radius 2 is 2.29 bits per heavy atom. The van der Waals surface area contributed by atoms with Crippen LogP contribution in [0.4, 0.5) is 0 Å². The quantitative estimate of drug-likeness (QED) is 0.841. The van der Waals surface area contributed by atoms with Gasteiger partial charge in [0.05, 0.1) is 5.69 Å². The van der Waals surface area contributed by atoms with Crippen molar-refractivity contribution < 1.29 is 0 Å². The van der Waals surface area contributed by atoms with Gasteiger partial charge in [0, 0.05) is 16.0 Å². The van der Waals surface area contributed by atoms with Crippen molar-refractivity contribution in [2.24, 2.45) is 0 Å². The smallest absolute Gasteiger partial charge is 0.156 e. The van der Waals surface area contributed by atoms with Crippen LogP contribution in [0.3, 0.4) is 0 Å². The van der Waals surface area contributed by atoms with E-state index in [1.54, 1.807) is 29.3 Å². The van der Waals surface area contributed by atoms with Crippen molar-refractivity contribution in [3.63, 3.8) is 0 Å². The summed E-state index contributed by atoms with van der Waals surface area (Å²) in [5, 5.41) is 2.95. The van der Waals surface area contributed by atoms with Gasteiger partial charge in [0.2, 0.25) is 0 Å². The van der Waals surface area contributed by atoms with E-state index in [2.05, 4.69) is 25.9 Å². The minimum absolute atomic E-state index is 0.987. The molecule has 0 fully saturated rings. The van der Waals surface area contributed by atoms with E-state index in [9.17, 15) is 0 Å². The molecule has 0 aliphatic heterocycles. The fourth-order valence-electron chi connectivity index (χ4n) is 0.928. The SMILES string of the molecule is Cc1nc(Sc2nccs2)ccc1Br. The molecule has 0 atom stereocenters. The molecule has 0 saturated carbocycles. The third-order valence-electron chi connectivity index (χ3n) is 1.60. The molecular formula is C9H7BrN2S2. The Balaban J connectivity index is 2.22. The molecule has 0 unspecified atom stereocenters. The number of thiazole rings is 1. The monoisotopic (exact) mass is 286 g/mol. The third-order valence-corrected chi connectivity index (χ3v) is 4.26. The molecule has 2 aromatic heterocycles. The van der Waals surface area contributed by atoms with Crippen LogP contribution in [0.15, 0.2) is 37.5 Å². The number of aromatic nitrogens is 2. The Bertz CT molecular complexity index is 428. The number of aryl methyl sites for hydroxylation is 1. The van der Waals surface area contributed by atoms with E-state index in [0.717, 1.165) is 19.5 Å². The van der Waals surface area contributed by atoms with Crippen molar-refractivity contribution in [3.8, 4) is 0 Å². The summed E-state index contributed by atoms with van der Waals surface area (Å²) in [4.78, 5) is 8.62. The van der Waals surface area contributed by atoms with E-state index in [-0.39, 0.29) is 0 Å². The maximum absolute atomic E-state index is 4.43. The van der Waals surface area contributed by atoms with Gasteiger partial charge in [-0.2, -0.15) is 0 Å². The minimum Gasteiger partial charge on any atom is -0.245 e. The molecule has 0 spiro atoms. The van der Waals surface area contributed by atoms with Crippen molar-refractivity contribution in [1.82, 2.24) is 9.97 Å². The highest BCUT2D eigenvalue weighted by molar-refractivity contribution is 9.10. The summed E-state index contributed by atoms with van der Waals surface area (Å²) in [5.41, 5.74) is 1.01. The highest BCUT2D eigenvalue weighted by Crippen LogP contribution is 2.28. The Labute approximate surface area is 98.9 Å².